The normalized spacial score (nSPS) is 22.3. The zero-order valence-corrected chi connectivity index (χ0v) is 11.4. The molecule has 0 aromatic heterocycles. The van der Waals surface area contributed by atoms with Gasteiger partial charge in [-0.3, -0.25) is 9.59 Å². The molecule has 0 aliphatic heterocycles. The van der Waals surface area contributed by atoms with Crippen molar-refractivity contribution < 1.29 is 14.3 Å². The van der Waals surface area contributed by atoms with Crippen LogP contribution < -0.4 is 10.6 Å². The molecule has 2 amide bonds. The number of hydrogen-bond acceptors (Lipinski definition) is 3. The van der Waals surface area contributed by atoms with Crippen molar-refractivity contribution in [1.29, 1.82) is 0 Å². The highest BCUT2D eigenvalue weighted by Gasteiger charge is 2.20. The van der Waals surface area contributed by atoms with E-state index in [2.05, 4.69) is 23.5 Å². The Kier molecular flexibility index (Phi) is 6.98. The van der Waals surface area contributed by atoms with Crippen LogP contribution in [0.15, 0.2) is 0 Å². The van der Waals surface area contributed by atoms with Gasteiger partial charge in [0.1, 0.15) is 6.61 Å². The van der Waals surface area contributed by atoms with Crippen molar-refractivity contribution in [3.63, 3.8) is 0 Å². The van der Waals surface area contributed by atoms with E-state index in [1.807, 2.05) is 0 Å². The third-order valence-corrected chi connectivity index (χ3v) is 3.17. The predicted molar refractivity (Wildman–Crippen MR) is 72.2 cm³/mol. The first-order valence-electron chi connectivity index (χ1n) is 6.70. The monoisotopic (exact) mass is 266 g/mol. The van der Waals surface area contributed by atoms with Crippen molar-refractivity contribution in [1.82, 2.24) is 10.6 Å². The smallest absolute Gasteiger partial charge is 0.246 e. The van der Waals surface area contributed by atoms with Gasteiger partial charge in [0, 0.05) is 0 Å². The number of carbonyl (C=O) groups is 2. The van der Waals surface area contributed by atoms with Crippen molar-refractivity contribution in [2.24, 2.45) is 5.92 Å². The highest BCUT2D eigenvalue weighted by Crippen LogP contribution is 2.25. The summed E-state index contributed by atoms with van der Waals surface area (Å²) >= 11 is 0. The van der Waals surface area contributed by atoms with Crippen LogP contribution >= 0.6 is 0 Å². The Labute approximate surface area is 114 Å². The van der Waals surface area contributed by atoms with E-state index in [9.17, 15) is 9.59 Å². The maximum absolute atomic E-state index is 11.5. The SMILES string of the molecule is C#CCNC(=O)CNC(=O)CO[C@@H]1CCC[C@@H](C)C1. The van der Waals surface area contributed by atoms with Gasteiger partial charge in [0.15, 0.2) is 0 Å². The fraction of sp³-hybridized carbons (Fsp3) is 0.714. The van der Waals surface area contributed by atoms with Crippen molar-refractivity contribution in [3.05, 3.63) is 0 Å². The van der Waals surface area contributed by atoms with Gasteiger partial charge in [-0.2, -0.15) is 0 Å². The molecule has 0 aromatic rings. The average Bonchev–Trinajstić information content (AvgIpc) is 2.40. The molecule has 2 atom stereocenters. The van der Waals surface area contributed by atoms with Crippen LogP contribution in [0.25, 0.3) is 0 Å². The Hall–Kier alpha value is -1.54. The Morgan fingerprint density at radius 2 is 2.11 bits per heavy atom. The quantitative estimate of drug-likeness (QED) is 0.686. The van der Waals surface area contributed by atoms with Crippen molar-refractivity contribution in [2.45, 2.75) is 38.7 Å². The molecule has 1 saturated carbocycles. The minimum Gasteiger partial charge on any atom is -0.368 e. The molecular formula is C14H22N2O3. The molecule has 0 radical (unpaired) electrons. The molecule has 0 bridgehead atoms. The molecule has 0 spiro atoms. The van der Waals surface area contributed by atoms with Crippen LogP contribution in [0.1, 0.15) is 32.6 Å². The van der Waals surface area contributed by atoms with Crippen LogP contribution in [0.2, 0.25) is 0 Å². The van der Waals surface area contributed by atoms with Gasteiger partial charge in [-0.15, -0.1) is 6.42 Å². The lowest BCUT2D eigenvalue weighted by molar-refractivity contribution is -0.131. The maximum Gasteiger partial charge on any atom is 0.246 e. The standard InChI is InChI=1S/C14H22N2O3/c1-3-7-15-13(17)9-16-14(18)10-19-12-6-4-5-11(2)8-12/h1,11-12H,4-10H2,2H3,(H,15,17)(H,16,18)/t11-,12-/m1/s1. The van der Waals surface area contributed by atoms with E-state index in [-0.39, 0.29) is 37.6 Å². The van der Waals surface area contributed by atoms with E-state index in [4.69, 9.17) is 11.2 Å². The summed E-state index contributed by atoms with van der Waals surface area (Å²) in [5.41, 5.74) is 0. The van der Waals surface area contributed by atoms with Gasteiger partial charge in [0.25, 0.3) is 0 Å². The predicted octanol–water partition coefficient (Wildman–Crippen LogP) is 0.447. The lowest BCUT2D eigenvalue weighted by atomic mass is 9.89. The van der Waals surface area contributed by atoms with Crippen LogP contribution in [0.5, 0.6) is 0 Å². The molecule has 1 aliphatic carbocycles. The zero-order chi connectivity index (χ0) is 14.1. The number of ether oxygens (including phenoxy) is 1. The van der Waals surface area contributed by atoms with Gasteiger partial charge in [0.2, 0.25) is 11.8 Å². The highest BCUT2D eigenvalue weighted by atomic mass is 16.5. The van der Waals surface area contributed by atoms with E-state index in [0.717, 1.165) is 19.3 Å². The fourth-order valence-corrected chi connectivity index (χ4v) is 2.17. The molecule has 0 unspecified atom stereocenters. The summed E-state index contributed by atoms with van der Waals surface area (Å²) in [4.78, 5) is 22.7. The topological polar surface area (TPSA) is 67.4 Å². The van der Waals surface area contributed by atoms with Crippen molar-refractivity contribution in [3.8, 4) is 12.3 Å². The van der Waals surface area contributed by atoms with Crippen molar-refractivity contribution in [2.75, 3.05) is 19.7 Å². The van der Waals surface area contributed by atoms with Gasteiger partial charge in [-0.1, -0.05) is 25.7 Å². The van der Waals surface area contributed by atoms with Crippen LogP contribution in [0.4, 0.5) is 0 Å². The van der Waals surface area contributed by atoms with Crippen LogP contribution in [0, 0.1) is 18.3 Å². The van der Waals surface area contributed by atoms with E-state index in [1.54, 1.807) is 0 Å². The number of nitrogens with one attached hydrogen (secondary N) is 2. The molecule has 0 heterocycles. The second kappa shape index (κ2) is 8.54. The average molecular weight is 266 g/mol. The highest BCUT2D eigenvalue weighted by molar-refractivity contribution is 5.85. The van der Waals surface area contributed by atoms with Crippen molar-refractivity contribution >= 4 is 11.8 Å². The molecule has 106 valence electrons. The first-order valence-corrected chi connectivity index (χ1v) is 6.70. The number of hydrogen-bond donors (Lipinski definition) is 2. The lowest BCUT2D eigenvalue weighted by Crippen LogP contribution is -2.39. The minimum atomic E-state index is -0.294. The number of terminal acetylenes is 1. The fourth-order valence-electron chi connectivity index (χ4n) is 2.17. The summed E-state index contributed by atoms with van der Waals surface area (Å²) in [6.45, 7) is 2.32. The summed E-state index contributed by atoms with van der Waals surface area (Å²) in [5, 5.41) is 4.97. The molecular weight excluding hydrogens is 244 g/mol. The second-order valence-electron chi connectivity index (χ2n) is 4.96. The maximum atomic E-state index is 11.5. The van der Waals surface area contributed by atoms with Gasteiger partial charge in [-0.25, -0.2) is 0 Å². The number of carbonyl (C=O) groups excluding carboxylic acids is 2. The summed E-state index contributed by atoms with van der Waals surface area (Å²) in [6.07, 6.45) is 9.59. The Balaban J connectivity index is 2.10. The van der Waals surface area contributed by atoms with Crippen LogP contribution in [-0.4, -0.2) is 37.6 Å². The molecule has 0 aromatic carbocycles. The minimum absolute atomic E-state index is 0.0137. The van der Waals surface area contributed by atoms with Gasteiger partial charge in [-0.05, 0) is 18.8 Å². The molecule has 19 heavy (non-hydrogen) atoms. The second-order valence-corrected chi connectivity index (χ2v) is 4.96. The molecule has 2 N–H and O–H groups in total. The summed E-state index contributed by atoms with van der Waals surface area (Å²) in [7, 11) is 0. The van der Waals surface area contributed by atoms with Gasteiger partial charge in [0.05, 0.1) is 19.2 Å². The summed E-state index contributed by atoms with van der Waals surface area (Å²) < 4.78 is 5.55. The molecule has 0 saturated heterocycles. The lowest BCUT2D eigenvalue weighted by Gasteiger charge is -2.26. The van der Waals surface area contributed by atoms with Gasteiger partial charge < -0.3 is 15.4 Å². The third-order valence-electron chi connectivity index (χ3n) is 3.17. The van der Waals surface area contributed by atoms with Crippen LogP contribution in [0.3, 0.4) is 0 Å². The third kappa shape index (κ3) is 6.82. The van der Waals surface area contributed by atoms with E-state index in [0.29, 0.717) is 5.92 Å². The van der Waals surface area contributed by atoms with E-state index < -0.39 is 0 Å². The summed E-state index contributed by atoms with van der Waals surface area (Å²) in [5.74, 6) is 2.39. The van der Waals surface area contributed by atoms with Gasteiger partial charge >= 0.3 is 0 Å². The van der Waals surface area contributed by atoms with E-state index >= 15 is 0 Å². The zero-order valence-electron chi connectivity index (χ0n) is 11.4. The Bertz CT molecular complexity index is 349. The molecule has 5 nitrogen and oxygen atoms in total. The first-order chi connectivity index (χ1) is 9.11. The first kappa shape index (κ1) is 15.5. The molecule has 1 aliphatic rings. The molecule has 5 heteroatoms. The summed E-state index contributed by atoms with van der Waals surface area (Å²) in [6, 6.07) is 0. The Morgan fingerprint density at radius 1 is 1.32 bits per heavy atom. The van der Waals surface area contributed by atoms with Crippen LogP contribution in [-0.2, 0) is 14.3 Å². The number of rotatable bonds is 6. The Morgan fingerprint density at radius 3 is 2.79 bits per heavy atom. The largest absolute Gasteiger partial charge is 0.368 e. The molecule has 1 rings (SSSR count). The van der Waals surface area contributed by atoms with E-state index in [1.165, 1.54) is 6.42 Å². The number of amides is 2. The molecule has 1 fully saturated rings.